The summed E-state index contributed by atoms with van der Waals surface area (Å²) in [7, 11) is 1.76. The largest absolute Gasteiger partial charge is 0.411 e. The van der Waals surface area contributed by atoms with Gasteiger partial charge in [0.2, 0.25) is 6.41 Å². The van der Waals surface area contributed by atoms with Gasteiger partial charge in [0.15, 0.2) is 11.6 Å². The van der Waals surface area contributed by atoms with Crippen LogP contribution in [0.15, 0.2) is 29.4 Å². The lowest BCUT2D eigenvalue weighted by molar-refractivity contribution is -0.116. The average molecular weight is 431 g/mol. The molecule has 0 unspecified atom stereocenters. The molecule has 30 heavy (non-hydrogen) atoms. The number of hydrogen-bond donors (Lipinski definition) is 2. The molecule has 0 aliphatic carbocycles. The van der Waals surface area contributed by atoms with Crippen molar-refractivity contribution >= 4 is 46.5 Å². The summed E-state index contributed by atoms with van der Waals surface area (Å²) in [6.07, 6.45) is 0.498. The number of carbonyl (C=O) groups excluding carboxylic acids is 2. The van der Waals surface area contributed by atoms with E-state index in [1.54, 1.807) is 38.5 Å². The van der Waals surface area contributed by atoms with E-state index >= 15 is 0 Å². The third-order valence-electron chi connectivity index (χ3n) is 5.01. The number of anilines is 1. The van der Waals surface area contributed by atoms with Gasteiger partial charge in [0.1, 0.15) is 5.71 Å². The summed E-state index contributed by atoms with van der Waals surface area (Å²) in [6.45, 7) is 5.57. The van der Waals surface area contributed by atoms with Gasteiger partial charge in [-0.3, -0.25) is 14.6 Å². The van der Waals surface area contributed by atoms with Gasteiger partial charge in [-0.25, -0.2) is 9.78 Å². The molecule has 0 spiro atoms. The standard InChI is InChI=1S/C20H23ClN6O3/c1-5-27(19-13(3)25(4)18(23-19)12(2)24-30)20(29)26(11-28)10-14-9-15-16(21)7-6-8-17(15)22-14/h6-9,11,22,30H,5,10H2,1-4H3/b24-12-. The van der Waals surface area contributed by atoms with E-state index in [4.69, 9.17) is 16.8 Å². The van der Waals surface area contributed by atoms with Gasteiger partial charge in [0.25, 0.3) is 0 Å². The maximum atomic E-state index is 13.2. The lowest BCUT2D eigenvalue weighted by Crippen LogP contribution is -2.43. The molecule has 10 heteroatoms. The quantitative estimate of drug-likeness (QED) is 0.269. The molecule has 0 saturated heterocycles. The van der Waals surface area contributed by atoms with Gasteiger partial charge in [0.05, 0.1) is 12.2 Å². The molecule has 0 bridgehead atoms. The Bertz CT molecular complexity index is 1130. The zero-order valence-corrected chi connectivity index (χ0v) is 17.9. The molecule has 9 nitrogen and oxygen atoms in total. The first-order valence-corrected chi connectivity index (χ1v) is 9.72. The smallest absolute Gasteiger partial charge is 0.332 e. The SMILES string of the molecule is CCN(C(=O)N(C=O)Cc1cc2c(Cl)cccc2[nH]1)c1nc(/C(C)=N\O)n(C)c1C. The summed E-state index contributed by atoms with van der Waals surface area (Å²) in [6, 6.07) is 6.79. The van der Waals surface area contributed by atoms with Crippen molar-refractivity contribution in [3.8, 4) is 0 Å². The fourth-order valence-corrected chi connectivity index (χ4v) is 3.54. The highest BCUT2D eigenvalue weighted by Gasteiger charge is 2.27. The number of hydrogen-bond acceptors (Lipinski definition) is 5. The number of nitrogens with one attached hydrogen (secondary N) is 1. The third-order valence-corrected chi connectivity index (χ3v) is 5.34. The topological polar surface area (TPSA) is 107 Å². The van der Waals surface area contributed by atoms with Gasteiger partial charge in [0, 0.05) is 35.2 Å². The van der Waals surface area contributed by atoms with Crippen molar-refractivity contribution < 1.29 is 14.8 Å². The number of imidazole rings is 1. The minimum atomic E-state index is -0.511. The molecular formula is C20H23ClN6O3. The molecule has 0 saturated carbocycles. The number of aromatic amines is 1. The van der Waals surface area contributed by atoms with E-state index in [0.717, 1.165) is 15.8 Å². The van der Waals surface area contributed by atoms with E-state index in [1.807, 2.05) is 18.2 Å². The van der Waals surface area contributed by atoms with Gasteiger partial charge in [-0.15, -0.1) is 0 Å². The number of carbonyl (C=O) groups is 2. The van der Waals surface area contributed by atoms with Crippen LogP contribution in [0.5, 0.6) is 0 Å². The van der Waals surface area contributed by atoms with E-state index in [-0.39, 0.29) is 6.54 Å². The number of aromatic nitrogens is 3. The van der Waals surface area contributed by atoms with E-state index < -0.39 is 6.03 Å². The number of rotatable bonds is 6. The molecule has 2 aromatic heterocycles. The predicted molar refractivity (Wildman–Crippen MR) is 115 cm³/mol. The lowest BCUT2D eigenvalue weighted by atomic mass is 10.2. The van der Waals surface area contributed by atoms with E-state index in [2.05, 4.69) is 15.1 Å². The van der Waals surface area contributed by atoms with E-state index in [9.17, 15) is 9.59 Å². The lowest BCUT2D eigenvalue weighted by Gasteiger charge is -2.25. The Morgan fingerprint density at radius 1 is 1.43 bits per heavy atom. The Labute approximate surface area is 178 Å². The number of benzene rings is 1. The monoisotopic (exact) mass is 430 g/mol. The van der Waals surface area contributed by atoms with Crippen molar-refractivity contribution in [3.63, 3.8) is 0 Å². The van der Waals surface area contributed by atoms with Crippen LogP contribution in [-0.2, 0) is 18.4 Å². The maximum absolute atomic E-state index is 13.2. The molecule has 3 aromatic rings. The van der Waals surface area contributed by atoms with Gasteiger partial charge in [-0.2, -0.15) is 0 Å². The minimum absolute atomic E-state index is 0.0553. The van der Waals surface area contributed by atoms with Crippen LogP contribution in [-0.4, -0.2) is 49.3 Å². The molecule has 0 aliphatic heterocycles. The Morgan fingerprint density at radius 3 is 2.77 bits per heavy atom. The summed E-state index contributed by atoms with van der Waals surface area (Å²) >= 11 is 6.21. The van der Waals surface area contributed by atoms with Gasteiger partial charge in [-0.05, 0) is 39.0 Å². The fraction of sp³-hybridized carbons (Fsp3) is 0.300. The number of nitrogens with zero attached hydrogens (tertiary/aromatic N) is 5. The van der Waals surface area contributed by atoms with Gasteiger partial charge < -0.3 is 14.8 Å². The highest BCUT2D eigenvalue weighted by molar-refractivity contribution is 6.35. The molecule has 158 valence electrons. The van der Waals surface area contributed by atoms with Gasteiger partial charge in [-0.1, -0.05) is 22.8 Å². The number of fused-ring (bicyclic) bond motifs is 1. The first-order chi connectivity index (χ1) is 14.3. The third kappa shape index (κ3) is 3.76. The number of H-pyrrole nitrogens is 1. The molecule has 2 heterocycles. The first-order valence-electron chi connectivity index (χ1n) is 9.34. The Hall–Kier alpha value is -3.33. The highest BCUT2D eigenvalue weighted by Crippen LogP contribution is 2.25. The van der Waals surface area contributed by atoms with Crippen molar-refractivity contribution in [2.24, 2.45) is 12.2 Å². The van der Waals surface area contributed by atoms with Crippen LogP contribution >= 0.6 is 11.6 Å². The van der Waals surface area contributed by atoms with Crippen molar-refractivity contribution in [1.82, 2.24) is 19.4 Å². The van der Waals surface area contributed by atoms with Crippen molar-refractivity contribution in [1.29, 1.82) is 0 Å². The molecule has 0 aliphatic rings. The molecular weight excluding hydrogens is 408 g/mol. The Morgan fingerprint density at radius 2 is 2.17 bits per heavy atom. The Kier molecular flexibility index (Phi) is 6.12. The van der Waals surface area contributed by atoms with Crippen LogP contribution in [0.1, 0.15) is 31.1 Å². The van der Waals surface area contributed by atoms with Gasteiger partial charge >= 0.3 is 6.03 Å². The van der Waals surface area contributed by atoms with Crippen molar-refractivity contribution in [3.05, 3.63) is 46.5 Å². The van der Waals surface area contributed by atoms with Crippen LogP contribution in [0.4, 0.5) is 10.6 Å². The van der Waals surface area contributed by atoms with Crippen LogP contribution in [0.3, 0.4) is 0 Å². The Balaban J connectivity index is 1.91. The van der Waals surface area contributed by atoms with Crippen molar-refractivity contribution in [2.45, 2.75) is 27.3 Å². The zero-order valence-electron chi connectivity index (χ0n) is 17.2. The molecule has 1 aromatic carbocycles. The number of oxime groups is 1. The van der Waals surface area contributed by atoms with E-state index in [0.29, 0.717) is 46.7 Å². The normalized spacial score (nSPS) is 11.7. The van der Waals surface area contributed by atoms with Crippen molar-refractivity contribution in [2.75, 3.05) is 11.4 Å². The second kappa shape index (κ2) is 8.58. The second-order valence-electron chi connectivity index (χ2n) is 6.84. The van der Waals surface area contributed by atoms with E-state index in [1.165, 1.54) is 4.90 Å². The predicted octanol–water partition coefficient (Wildman–Crippen LogP) is 3.67. The summed E-state index contributed by atoms with van der Waals surface area (Å²) in [4.78, 5) is 35.0. The number of imide groups is 1. The number of urea groups is 1. The zero-order chi connectivity index (χ0) is 22.0. The summed E-state index contributed by atoms with van der Waals surface area (Å²) in [5.74, 6) is 0.828. The molecule has 0 radical (unpaired) electrons. The molecule has 2 N–H and O–H groups in total. The summed E-state index contributed by atoms with van der Waals surface area (Å²) in [5, 5.41) is 13.7. The second-order valence-corrected chi connectivity index (χ2v) is 7.25. The maximum Gasteiger partial charge on any atom is 0.332 e. The molecule has 0 fully saturated rings. The van der Waals surface area contributed by atoms with Crippen LogP contribution < -0.4 is 4.90 Å². The molecule has 0 atom stereocenters. The summed E-state index contributed by atoms with van der Waals surface area (Å²) in [5.41, 5.74) is 2.52. The van der Waals surface area contributed by atoms with Crippen LogP contribution in [0, 0.1) is 6.92 Å². The minimum Gasteiger partial charge on any atom is -0.411 e. The average Bonchev–Trinajstić information content (AvgIpc) is 3.29. The fourth-order valence-electron chi connectivity index (χ4n) is 3.31. The molecule has 3 rings (SSSR count). The number of amides is 3. The summed E-state index contributed by atoms with van der Waals surface area (Å²) < 4.78 is 1.73. The first kappa shape index (κ1) is 21.4. The molecule has 3 amide bonds. The van der Waals surface area contributed by atoms with Crippen LogP contribution in [0.25, 0.3) is 10.9 Å². The van der Waals surface area contributed by atoms with Crippen LogP contribution in [0.2, 0.25) is 5.02 Å². The highest BCUT2D eigenvalue weighted by atomic mass is 35.5. The number of halogens is 1.